The monoisotopic (exact) mass is 246 g/mol. The zero-order chi connectivity index (χ0) is 12.7. The van der Waals surface area contributed by atoms with E-state index in [2.05, 4.69) is 0 Å². The summed E-state index contributed by atoms with van der Waals surface area (Å²) in [6.07, 6.45) is 0.602. The summed E-state index contributed by atoms with van der Waals surface area (Å²) in [6.45, 7) is 8.08. The van der Waals surface area contributed by atoms with Gasteiger partial charge in [0.15, 0.2) is 11.6 Å². The van der Waals surface area contributed by atoms with Crippen LogP contribution >= 0.6 is 0 Å². The first-order valence-corrected chi connectivity index (χ1v) is 6.09. The first-order valence-electron chi connectivity index (χ1n) is 6.09. The van der Waals surface area contributed by atoms with Crippen molar-refractivity contribution in [2.24, 2.45) is 0 Å². The van der Waals surface area contributed by atoms with Crippen molar-refractivity contribution in [2.45, 2.75) is 64.0 Å². The third-order valence-corrected chi connectivity index (χ3v) is 2.89. The third-order valence-electron chi connectivity index (χ3n) is 2.89. The highest BCUT2D eigenvalue weighted by Gasteiger charge is 2.42. The van der Waals surface area contributed by atoms with Crippen LogP contribution in [0.4, 0.5) is 0 Å². The largest absolute Gasteiger partial charge is 0.373 e. The molecule has 0 spiro atoms. The topological polar surface area (TPSA) is 57.2 Å². The van der Waals surface area contributed by atoms with E-state index in [1.807, 2.05) is 13.8 Å². The van der Waals surface area contributed by atoms with Crippen LogP contribution in [0.15, 0.2) is 0 Å². The van der Waals surface area contributed by atoms with E-state index >= 15 is 0 Å². The third kappa shape index (κ3) is 3.63. The molecule has 17 heavy (non-hydrogen) atoms. The summed E-state index contributed by atoms with van der Waals surface area (Å²) < 4.78 is 22.4. The smallest absolute Gasteiger partial charge is 0.163 e. The molecule has 0 amide bonds. The Bertz CT molecular complexity index is 271. The summed E-state index contributed by atoms with van der Waals surface area (Å²) in [4.78, 5) is 0. The Hall–Kier alpha value is -0.200. The van der Waals surface area contributed by atoms with Gasteiger partial charge >= 0.3 is 0 Å². The molecule has 0 aromatic carbocycles. The molecule has 2 unspecified atom stereocenters. The Labute approximate surface area is 102 Å². The highest BCUT2D eigenvalue weighted by molar-refractivity contribution is 4.85. The fourth-order valence-corrected chi connectivity index (χ4v) is 2.27. The van der Waals surface area contributed by atoms with Crippen molar-refractivity contribution in [1.29, 1.82) is 0 Å². The average molecular weight is 246 g/mol. The lowest BCUT2D eigenvalue weighted by Gasteiger charge is -2.23. The lowest BCUT2D eigenvalue weighted by Crippen LogP contribution is -2.32. The second-order valence-corrected chi connectivity index (χ2v) is 5.66. The average Bonchev–Trinajstić information content (AvgIpc) is 2.69. The highest BCUT2D eigenvalue weighted by atomic mass is 16.8. The molecule has 3 atom stereocenters. The zero-order valence-electron chi connectivity index (χ0n) is 10.9. The van der Waals surface area contributed by atoms with Crippen LogP contribution in [0.2, 0.25) is 0 Å². The maximum Gasteiger partial charge on any atom is 0.163 e. The van der Waals surface area contributed by atoms with Gasteiger partial charge in [0, 0.05) is 6.42 Å². The maximum atomic E-state index is 9.58. The van der Waals surface area contributed by atoms with E-state index < -0.39 is 11.6 Å². The van der Waals surface area contributed by atoms with Gasteiger partial charge in [-0.05, 0) is 27.7 Å². The minimum absolute atomic E-state index is 0.0101. The first-order chi connectivity index (χ1) is 7.75. The summed E-state index contributed by atoms with van der Waals surface area (Å²) in [5, 5.41) is 9.58. The quantitative estimate of drug-likeness (QED) is 0.754. The Balaban J connectivity index is 1.82. The summed E-state index contributed by atoms with van der Waals surface area (Å²) in [7, 11) is 0. The summed E-state index contributed by atoms with van der Waals surface area (Å²) >= 11 is 0. The summed E-state index contributed by atoms with van der Waals surface area (Å²) in [5.41, 5.74) is 0. The molecule has 0 bridgehead atoms. The van der Waals surface area contributed by atoms with Crippen molar-refractivity contribution in [1.82, 2.24) is 0 Å². The van der Waals surface area contributed by atoms with E-state index in [0.717, 1.165) is 6.42 Å². The van der Waals surface area contributed by atoms with Gasteiger partial charge in [0.25, 0.3) is 0 Å². The van der Waals surface area contributed by atoms with E-state index in [-0.39, 0.29) is 18.3 Å². The van der Waals surface area contributed by atoms with Crippen LogP contribution in [0.3, 0.4) is 0 Å². The lowest BCUT2D eigenvalue weighted by molar-refractivity contribution is -0.204. The van der Waals surface area contributed by atoms with Gasteiger partial charge in [0.05, 0.1) is 25.4 Å². The van der Waals surface area contributed by atoms with Gasteiger partial charge in [-0.3, -0.25) is 0 Å². The molecule has 2 heterocycles. The summed E-state index contributed by atoms with van der Waals surface area (Å²) in [5.74, 6) is -1.64. The van der Waals surface area contributed by atoms with Crippen LogP contribution in [0.1, 0.15) is 34.1 Å². The van der Waals surface area contributed by atoms with E-state index in [1.54, 1.807) is 13.8 Å². The van der Waals surface area contributed by atoms with Crippen molar-refractivity contribution < 1.29 is 24.1 Å². The van der Waals surface area contributed by atoms with Crippen LogP contribution in [0, 0.1) is 0 Å². The number of rotatable bonds is 3. The molecular formula is C12H22O5. The van der Waals surface area contributed by atoms with Crippen molar-refractivity contribution >= 4 is 0 Å². The molecule has 0 aromatic rings. The second kappa shape index (κ2) is 4.48. The molecule has 0 saturated carbocycles. The highest BCUT2D eigenvalue weighted by Crippen LogP contribution is 2.31. The van der Waals surface area contributed by atoms with Gasteiger partial charge < -0.3 is 24.1 Å². The van der Waals surface area contributed by atoms with Crippen molar-refractivity contribution in [3.05, 3.63) is 0 Å². The van der Waals surface area contributed by atoms with Gasteiger partial charge in [-0.2, -0.15) is 0 Å². The standard InChI is InChI=1S/C12H22O5/c1-11(2,13)16-8-5-9(14-6-8)10-7-15-12(3,4)17-10/h8-10,13H,5-7H2,1-4H3/t8-,9?,10?/m1/s1. The molecule has 1 N–H and O–H groups in total. The molecular weight excluding hydrogens is 224 g/mol. The SMILES string of the molecule is CC(C)(O)O[C@H]1COC(C2COC(C)(C)O2)C1. The molecule has 2 fully saturated rings. The van der Waals surface area contributed by atoms with Gasteiger partial charge in [-0.25, -0.2) is 0 Å². The first kappa shape index (κ1) is 13.2. The van der Waals surface area contributed by atoms with Crippen LogP contribution < -0.4 is 0 Å². The molecule has 2 rings (SSSR count). The molecule has 0 aromatic heterocycles. The van der Waals surface area contributed by atoms with E-state index in [0.29, 0.717) is 13.2 Å². The molecule has 2 aliphatic heterocycles. The number of hydrogen-bond acceptors (Lipinski definition) is 5. The van der Waals surface area contributed by atoms with Crippen LogP contribution in [-0.2, 0) is 18.9 Å². The molecule has 100 valence electrons. The molecule has 5 nitrogen and oxygen atoms in total. The van der Waals surface area contributed by atoms with Gasteiger partial charge in [0.1, 0.15) is 6.10 Å². The van der Waals surface area contributed by atoms with Gasteiger partial charge in [-0.1, -0.05) is 0 Å². The van der Waals surface area contributed by atoms with Crippen LogP contribution in [0.5, 0.6) is 0 Å². The molecule has 5 heteroatoms. The predicted octanol–water partition coefficient (Wildman–Crippen LogP) is 1.04. The number of ether oxygens (including phenoxy) is 4. The number of hydrogen-bond donors (Lipinski definition) is 1. The fourth-order valence-electron chi connectivity index (χ4n) is 2.27. The lowest BCUT2D eigenvalue weighted by atomic mass is 10.1. The normalized spacial score (nSPS) is 37.6. The fraction of sp³-hybridized carbons (Fsp3) is 1.00. The molecule has 2 saturated heterocycles. The molecule has 2 aliphatic rings. The molecule has 0 aliphatic carbocycles. The van der Waals surface area contributed by atoms with E-state index in [4.69, 9.17) is 18.9 Å². The van der Waals surface area contributed by atoms with Crippen LogP contribution in [-0.4, -0.2) is 48.2 Å². The van der Waals surface area contributed by atoms with Crippen molar-refractivity contribution in [3.8, 4) is 0 Å². The van der Waals surface area contributed by atoms with Crippen molar-refractivity contribution in [2.75, 3.05) is 13.2 Å². The predicted molar refractivity (Wildman–Crippen MR) is 60.4 cm³/mol. The summed E-state index contributed by atoms with van der Waals surface area (Å²) in [6, 6.07) is 0. The van der Waals surface area contributed by atoms with E-state index in [9.17, 15) is 5.11 Å². The van der Waals surface area contributed by atoms with Gasteiger partial charge in [0.2, 0.25) is 0 Å². The minimum Gasteiger partial charge on any atom is -0.373 e. The van der Waals surface area contributed by atoms with E-state index in [1.165, 1.54) is 0 Å². The number of aliphatic hydroxyl groups is 1. The zero-order valence-corrected chi connectivity index (χ0v) is 10.9. The minimum atomic E-state index is -1.12. The second-order valence-electron chi connectivity index (χ2n) is 5.66. The Morgan fingerprint density at radius 1 is 1.24 bits per heavy atom. The van der Waals surface area contributed by atoms with Crippen LogP contribution in [0.25, 0.3) is 0 Å². The Kier molecular flexibility index (Phi) is 3.49. The van der Waals surface area contributed by atoms with Gasteiger partial charge in [-0.15, -0.1) is 0 Å². The Morgan fingerprint density at radius 2 is 1.94 bits per heavy atom. The van der Waals surface area contributed by atoms with Crippen molar-refractivity contribution in [3.63, 3.8) is 0 Å². The maximum absolute atomic E-state index is 9.58. The Morgan fingerprint density at radius 3 is 2.47 bits per heavy atom. The molecule has 0 radical (unpaired) electrons.